The fourth-order valence-electron chi connectivity index (χ4n) is 2.21. The number of nitrogens with one attached hydrogen (secondary N) is 1. The summed E-state index contributed by atoms with van der Waals surface area (Å²) in [6, 6.07) is 8.02. The first-order valence-corrected chi connectivity index (χ1v) is 6.70. The minimum Gasteiger partial charge on any atom is -0.383 e. The van der Waals surface area contributed by atoms with E-state index in [0.717, 1.165) is 22.2 Å². The Hall–Kier alpha value is -2.47. The minimum atomic E-state index is 0.475. The lowest BCUT2D eigenvalue weighted by molar-refractivity contribution is 0.210. The molecular formula is C15H16N4O2. The van der Waals surface area contributed by atoms with Gasteiger partial charge in [-0.25, -0.2) is 4.98 Å². The van der Waals surface area contributed by atoms with Gasteiger partial charge >= 0.3 is 0 Å². The molecular weight excluding hydrogens is 268 g/mol. The summed E-state index contributed by atoms with van der Waals surface area (Å²) < 4.78 is 10.4. The van der Waals surface area contributed by atoms with Crippen LogP contribution in [0.15, 0.2) is 35.1 Å². The second-order valence-electron chi connectivity index (χ2n) is 4.67. The summed E-state index contributed by atoms with van der Waals surface area (Å²) in [6.45, 7) is 3.29. The van der Waals surface area contributed by atoms with Crippen LogP contribution in [0.2, 0.25) is 0 Å². The number of fused-ring (bicyclic) bond motifs is 1. The summed E-state index contributed by atoms with van der Waals surface area (Å²) in [5.74, 6) is 0.705. The predicted molar refractivity (Wildman–Crippen MR) is 80.1 cm³/mol. The van der Waals surface area contributed by atoms with Crippen LogP contribution in [0.5, 0.6) is 0 Å². The van der Waals surface area contributed by atoms with Crippen molar-refractivity contribution in [2.45, 2.75) is 6.92 Å². The van der Waals surface area contributed by atoms with Crippen molar-refractivity contribution in [2.24, 2.45) is 0 Å². The van der Waals surface area contributed by atoms with Crippen LogP contribution in [0.1, 0.15) is 5.56 Å². The zero-order valence-electron chi connectivity index (χ0n) is 12.0. The molecule has 0 saturated heterocycles. The van der Waals surface area contributed by atoms with Crippen LogP contribution >= 0.6 is 0 Å². The highest BCUT2D eigenvalue weighted by Gasteiger charge is 2.17. The van der Waals surface area contributed by atoms with Crippen molar-refractivity contribution < 1.29 is 9.26 Å². The Morgan fingerprint density at radius 3 is 2.90 bits per heavy atom. The smallest absolute Gasteiger partial charge is 0.263 e. The maximum Gasteiger partial charge on any atom is 0.263 e. The Morgan fingerprint density at radius 1 is 1.24 bits per heavy atom. The van der Waals surface area contributed by atoms with Gasteiger partial charge < -0.3 is 14.6 Å². The molecule has 6 heteroatoms. The molecule has 21 heavy (non-hydrogen) atoms. The number of nitrogens with zero attached hydrogens (tertiary/aromatic N) is 3. The molecule has 3 rings (SSSR count). The number of benzene rings is 1. The van der Waals surface area contributed by atoms with Crippen LogP contribution in [0, 0.1) is 6.92 Å². The molecule has 0 amide bonds. The molecule has 1 aromatic carbocycles. The molecule has 0 saturated carbocycles. The van der Waals surface area contributed by atoms with Crippen LogP contribution < -0.4 is 5.32 Å². The number of anilines is 1. The minimum absolute atomic E-state index is 0.475. The fourth-order valence-corrected chi connectivity index (χ4v) is 2.21. The highest BCUT2D eigenvalue weighted by atomic mass is 16.5. The third kappa shape index (κ3) is 2.57. The average Bonchev–Trinajstić information content (AvgIpc) is 2.93. The lowest BCUT2D eigenvalue weighted by Crippen LogP contribution is -2.09. The van der Waals surface area contributed by atoms with Crippen LogP contribution in [-0.4, -0.2) is 35.4 Å². The molecule has 0 aliphatic rings. The number of aryl methyl sites for hydroxylation is 1. The van der Waals surface area contributed by atoms with Crippen molar-refractivity contribution >= 4 is 16.9 Å². The van der Waals surface area contributed by atoms with Crippen molar-refractivity contribution in [1.82, 2.24) is 15.1 Å². The summed E-state index contributed by atoms with van der Waals surface area (Å²) >= 11 is 0. The third-order valence-corrected chi connectivity index (χ3v) is 3.27. The molecule has 0 aliphatic carbocycles. The molecule has 0 spiro atoms. The van der Waals surface area contributed by atoms with Gasteiger partial charge in [-0.1, -0.05) is 29.4 Å². The van der Waals surface area contributed by atoms with Crippen LogP contribution in [-0.2, 0) is 4.74 Å². The highest BCUT2D eigenvalue weighted by molar-refractivity contribution is 5.98. The number of aromatic nitrogens is 3. The second kappa shape index (κ2) is 5.88. The fraction of sp³-hybridized carbons (Fsp3) is 0.267. The zero-order valence-corrected chi connectivity index (χ0v) is 12.0. The van der Waals surface area contributed by atoms with Crippen molar-refractivity contribution in [1.29, 1.82) is 0 Å². The van der Waals surface area contributed by atoms with Gasteiger partial charge in [0.15, 0.2) is 0 Å². The molecule has 0 fully saturated rings. The molecule has 3 aromatic rings. The zero-order chi connectivity index (χ0) is 14.7. The summed E-state index contributed by atoms with van der Waals surface area (Å²) in [4.78, 5) is 8.42. The van der Waals surface area contributed by atoms with E-state index in [1.165, 1.54) is 6.33 Å². The van der Waals surface area contributed by atoms with Crippen LogP contribution in [0.4, 0.5) is 5.82 Å². The summed E-state index contributed by atoms with van der Waals surface area (Å²) in [6.07, 6.45) is 1.46. The molecule has 2 heterocycles. The van der Waals surface area contributed by atoms with E-state index in [0.29, 0.717) is 24.7 Å². The van der Waals surface area contributed by atoms with E-state index in [-0.39, 0.29) is 0 Å². The molecule has 0 radical (unpaired) electrons. The lowest BCUT2D eigenvalue weighted by atomic mass is 10.0. The van der Waals surface area contributed by atoms with Gasteiger partial charge in [-0.3, -0.25) is 0 Å². The van der Waals surface area contributed by atoms with Crippen molar-refractivity contribution in [3.63, 3.8) is 0 Å². The molecule has 0 atom stereocenters. The van der Waals surface area contributed by atoms with Gasteiger partial charge in [-0.05, 0) is 12.5 Å². The van der Waals surface area contributed by atoms with Crippen LogP contribution in [0.3, 0.4) is 0 Å². The number of ether oxygens (including phenoxy) is 1. The van der Waals surface area contributed by atoms with E-state index in [2.05, 4.69) is 20.4 Å². The summed E-state index contributed by atoms with van der Waals surface area (Å²) in [5.41, 5.74) is 3.37. The normalized spacial score (nSPS) is 11.0. The first-order chi connectivity index (χ1) is 10.3. The number of methoxy groups -OCH3 is 1. The van der Waals surface area contributed by atoms with Gasteiger partial charge in [0, 0.05) is 19.2 Å². The van der Waals surface area contributed by atoms with E-state index in [4.69, 9.17) is 9.26 Å². The molecule has 6 nitrogen and oxygen atoms in total. The third-order valence-electron chi connectivity index (χ3n) is 3.27. The van der Waals surface area contributed by atoms with Crippen LogP contribution in [0.25, 0.3) is 22.4 Å². The topological polar surface area (TPSA) is 73.1 Å². The second-order valence-corrected chi connectivity index (χ2v) is 4.67. The molecule has 0 aliphatic heterocycles. The van der Waals surface area contributed by atoms with Gasteiger partial charge in [-0.15, -0.1) is 0 Å². The highest BCUT2D eigenvalue weighted by Crippen LogP contribution is 2.32. The van der Waals surface area contributed by atoms with E-state index >= 15 is 0 Å². The number of hydrogen-bond donors (Lipinski definition) is 1. The first kappa shape index (κ1) is 13.5. The van der Waals surface area contributed by atoms with Crippen molar-refractivity contribution in [3.8, 4) is 11.3 Å². The largest absolute Gasteiger partial charge is 0.383 e. The molecule has 0 bridgehead atoms. The quantitative estimate of drug-likeness (QED) is 0.726. The van der Waals surface area contributed by atoms with E-state index < -0.39 is 0 Å². The number of hydrogen-bond acceptors (Lipinski definition) is 6. The molecule has 1 N–H and O–H groups in total. The number of rotatable bonds is 5. The van der Waals surface area contributed by atoms with Gasteiger partial charge in [0.05, 0.1) is 6.61 Å². The van der Waals surface area contributed by atoms with E-state index in [1.807, 2.05) is 31.2 Å². The Balaban J connectivity index is 2.09. The van der Waals surface area contributed by atoms with Gasteiger partial charge in [0.1, 0.15) is 23.2 Å². The van der Waals surface area contributed by atoms with Crippen molar-refractivity contribution in [3.05, 3.63) is 36.2 Å². The van der Waals surface area contributed by atoms with Crippen molar-refractivity contribution in [2.75, 3.05) is 25.6 Å². The monoisotopic (exact) mass is 284 g/mol. The molecule has 2 aromatic heterocycles. The average molecular weight is 284 g/mol. The maximum absolute atomic E-state index is 5.33. The predicted octanol–water partition coefficient (Wildman–Crippen LogP) is 2.65. The molecule has 0 unspecified atom stereocenters. The van der Waals surface area contributed by atoms with Gasteiger partial charge in [-0.2, -0.15) is 4.98 Å². The van der Waals surface area contributed by atoms with Gasteiger partial charge in [0.25, 0.3) is 5.71 Å². The van der Waals surface area contributed by atoms with E-state index in [9.17, 15) is 0 Å². The van der Waals surface area contributed by atoms with Gasteiger partial charge in [0.2, 0.25) is 0 Å². The molecule has 108 valence electrons. The Bertz CT molecular complexity index is 754. The Labute approximate surface area is 122 Å². The Morgan fingerprint density at radius 2 is 2.10 bits per heavy atom. The first-order valence-electron chi connectivity index (χ1n) is 6.70. The lowest BCUT2D eigenvalue weighted by Gasteiger charge is -2.06. The summed E-state index contributed by atoms with van der Waals surface area (Å²) in [5, 5.41) is 8.19. The Kier molecular flexibility index (Phi) is 3.79. The van der Waals surface area contributed by atoms with E-state index in [1.54, 1.807) is 7.11 Å². The standard InChI is InChI=1S/C15H16N4O2/c1-10-5-3-4-6-11(10)13-12-14(16-7-8-20-2)17-9-18-15(12)21-19-13/h3-6,9H,7-8H2,1-2H3,(H,16,17,18). The SMILES string of the molecule is COCCNc1ncnc2onc(-c3ccccc3C)c12. The maximum atomic E-state index is 5.33. The summed E-state index contributed by atoms with van der Waals surface area (Å²) in [7, 11) is 1.66.